The zero-order valence-corrected chi connectivity index (χ0v) is 9.49. The Bertz CT molecular complexity index is 358. The van der Waals surface area contributed by atoms with Crippen molar-refractivity contribution in [1.29, 1.82) is 0 Å². The third kappa shape index (κ3) is 3.40. The van der Waals surface area contributed by atoms with Crippen molar-refractivity contribution in [3.63, 3.8) is 0 Å². The lowest BCUT2D eigenvalue weighted by Gasteiger charge is -2.12. The van der Waals surface area contributed by atoms with Gasteiger partial charge in [0.2, 0.25) is 0 Å². The standard InChI is InChI=1S/C11H18N2O2/c1-9(2)13-8-10(4-5-11(13)14)15-7-6-12-3/h4-5,8-9,12H,6-7H2,1-3H3. The van der Waals surface area contributed by atoms with E-state index in [1.807, 2.05) is 20.9 Å². The summed E-state index contributed by atoms with van der Waals surface area (Å²) in [6.07, 6.45) is 1.75. The van der Waals surface area contributed by atoms with E-state index in [4.69, 9.17) is 4.74 Å². The molecule has 0 aliphatic rings. The third-order valence-corrected chi connectivity index (χ3v) is 2.09. The Morgan fingerprint density at radius 2 is 2.20 bits per heavy atom. The smallest absolute Gasteiger partial charge is 0.251 e. The molecular formula is C11H18N2O2. The van der Waals surface area contributed by atoms with Gasteiger partial charge in [0.25, 0.3) is 5.56 Å². The van der Waals surface area contributed by atoms with Gasteiger partial charge in [-0.25, -0.2) is 0 Å². The van der Waals surface area contributed by atoms with Gasteiger partial charge in [-0.1, -0.05) is 0 Å². The zero-order valence-electron chi connectivity index (χ0n) is 9.49. The van der Waals surface area contributed by atoms with Crippen LogP contribution in [0.3, 0.4) is 0 Å². The molecule has 1 aromatic rings. The van der Waals surface area contributed by atoms with Crippen LogP contribution in [0.1, 0.15) is 19.9 Å². The van der Waals surface area contributed by atoms with Crippen LogP contribution in [0.2, 0.25) is 0 Å². The highest BCUT2D eigenvalue weighted by Crippen LogP contribution is 2.09. The maximum Gasteiger partial charge on any atom is 0.251 e. The number of hydrogen-bond acceptors (Lipinski definition) is 3. The molecular weight excluding hydrogens is 192 g/mol. The molecule has 0 aliphatic carbocycles. The molecule has 0 saturated heterocycles. The summed E-state index contributed by atoms with van der Waals surface area (Å²) in [5, 5.41) is 2.99. The van der Waals surface area contributed by atoms with Gasteiger partial charge in [0.15, 0.2) is 0 Å². The van der Waals surface area contributed by atoms with Gasteiger partial charge >= 0.3 is 0 Å². The summed E-state index contributed by atoms with van der Waals surface area (Å²) >= 11 is 0. The number of likely N-dealkylation sites (N-methyl/N-ethyl adjacent to an activating group) is 1. The summed E-state index contributed by atoms with van der Waals surface area (Å²) in [4.78, 5) is 11.4. The molecule has 0 unspecified atom stereocenters. The quantitative estimate of drug-likeness (QED) is 0.738. The lowest BCUT2D eigenvalue weighted by Crippen LogP contribution is -2.21. The van der Waals surface area contributed by atoms with Gasteiger partial charge in [-0.3, -0.25) is 4.79 Å². The first-order valence-electron chi connectivity index (χ1n) is 5.14. The first kappa shape index (κ1) is 11.8. The molecule has 84 valence electrons. The lowest BCUT2D eigenvalue weighted by molar-refractivity contribution is 0.314. The lowest BCUT2D eigenvalue weighted by atomic mass is 10.3. The Labute approximate surface area is 89.9 Å². The molecule has 4 heteroatoms. The molecule has 0 atom stereocenters. The van der Waals surface area contributed by atoms with Crippen molar-refractivity contribution in [1.82, 2.24) is 9.88 Å². The Hall–Kier alpha value is -1.29. The maximum atomic E-state index is 11.4. The zero-order chi connectivity index (χ0) is 11.3. The predicted molar refractivity (Wildman–Crippen MR) is 60.5 cm³/mol. The highest BCUT2D eigenvalue weighted by molar-refractivity contribution is 5.17. The second-order valence-corrected chi connectivity index (χ2v) is 3.66. The minimum Gasteiger partial charge on any atom is -0.491 e. The van der Waals surface area contributed by atoms with Crippen LogP contribution in [0.15, 0.2) is 23.1 Å². The van der Waals surface area contributed by atoms with Crippen molar-refractivity contribution < 1.29 is 4.74 Å². The van der Waals surface area contributed by atoms with Crippen molar-refractivity contribution in [2.24, 2.45) is 0 Å². The molecule has 0 fully saturated rings. The molecule has 1 rings (SSSR count). The van der Waals surface area contributed by atoms with E-state index in [0.29, 0.717) is 6.61 Å². The minimum absolute atomic E-state index is 0.00552. The summed E-state index contributed by atoms with van der Waals surface area (Å²) < 4.78 is 7.13. The Morgan fingerprint density at radius 3 is 2.80 bits per heavy atom. The minimum atomic E-state index is 0.00552. The third-order valence-electron chi connectivity index (χ3n) is 2.09. The summed E-state index contributed by atoms with van der Waals surface area (Å²) in [5.74, 6) is 0.735. The van der Waals surface area contributed by atoms with Crippen LogP contribution in [-0.2, 0) is 0 Å². The number of hydrogen-bond donors (Lipinski definition) is 1. The van der Waals surface area contributed by atoms with Crippen LogP contribution in [0, 0.1) is 0 Å². The van der Waals surface area contributed by atoms with E-state index in [9.17, 15) is 4.79 Å². The molecule has 4 nitrogen and oxygen atoms in total. The van der Waals surface area contributed by atoms with Gasteiger partial charge in [0.1, 0.15) is 12.4 Å². The number of aromatic nitrogens is 1. The molecule has 0 radical (unpaired) electrons. The largest absolute Gasteiger partial charge is 0.491 e. The molecule has 15 heavy (non-hydrogen) atoms. The van der Waals surface area contributed by atoms with Gasteiger partial charge in [-0.2, -0.15) is 0 Å². The fourth-order valence-corrected chi connectivity index (χ4v) is 1.24. The molecule has 0 amide bonds. The number of rotatable bonds is 5. The molecule has 0 spiro atoms. The Balaban J connectivity index is 2.74. The molecule has 1 aromatic heterocycles. The monoisotopic (exact) mass is 210 g/mol. The van der Waals surface area contributed by atoms with E-state index < -0.39 is 0 Å². The molecule has 0 aliphatic heterocycles. The summed E-state index contributed by atoms with van der Waals surface area (Å²) in [6, 6.07) is 3.40. The highest BCUT2D eigenvalue weighted by atomic mass is 16.5. The summed E-state index contributed by atoms with van der Waals surface area (Å²) in [5.41, 5.74) is 0.00552. The van der Waals surface area contributed by atoms with E-state index in [2.05, 4.69) is 5.32 Å². The molecule has 0 aromatic carbocycles. The van der Waals surface area contributed by atoms with Crippen LogP contribution in [0.4, 0.5) is 0 Å². The maximum absolute atomic E-state index is 11.4. The van der Waals surface area contributed by atoms with Crippen LogP contribution in [0.5, 0.6) is 5.75 Å². The molecule has 1 N–H and O–H groups in total. The van der Waals surface area contributed by atoms with Crippen molar-refractivity contribution >= 4 is 0 Å². The van der Waals surface area contributed by atoms with Gasteiger partial charge in [0.05, 0.1) is 0 Å². The van der Waals surface area contributed by atoms with Crippen LogP contribution >= 0.6 is 0 Å². The number of nitrogens with zero attached hydrogens (tertiary/aromatic N) is 1. The van der Waals surface area contributed by atoms with Crippen LogP contribution in [-0.4, -0.2) is 24.8 Å². The average molecular weight is 210 g/mol. The van der Waals surface area contributed by atoms with Crippen molar-refractivity contribution in [3.05, 3.63) is 28.7 Å². The topological polar surface area (TPSA) is 43.3 Å². The van der Waals surface area contributed by atoms with E-state index in [1.165, 1.54) is 6.07 Å². The van der Waals surface area contributed by atoms with Gasteiger partial charge < -0.3 is 14.6 Å². The van der Waals surface area contributed by atoms with E-state index in [1.54, 1.807) is 16.8 Å². The fourth-order valence-electron chi connectivity index (χ4n) is 1.24. The molecule has 1 heterocycles. The van der Waals surface area contributed by atoms with E-state index in [0.717, 1.165) is 12.3 Å². The first-order chi connectivity index (χ1) is 7.15. The van der Waals surface area contributed by atoms with Crippen molar-refractivity contribution in [2.75, 3.05) is 20.2 Å². The number of nitrogens with one attached hydrogen (secondary N) is 1. The van der Waals surface area contributed by atoms with E-state index >= 15 is 0 Å². The van der Waals surface area contributed by atoms with E-state index in [-0.39, 0.29) is 11.6 Å². The summed E-state index contributed by atoms with van der Waals surface area (Å²) in [7, 11) is 1.87. The molecule has 0 bridgehead atoms. The average Bonchev–Trinajstić information content (AvgIpc) is 2.20. The fraction of sp³-hybridized carbons (Fsp3) is 0.545. The SMILES string of the molecule is CNCCOc1ccc(=O)n(C(C)C)c1. The molecule has 0 saturated carbocycles. The Morgan fingerprint density at radius 1 is 1.47 bits per heavy atom. The predicted octanol–water partition coefficient (Wildman–Crippen LogP) is 1.03. The second-order valence-electron chi connectivity index (χ2n) is 3.66. The Kier molecular flexibility index (Phi) is 4.37. The first-order valence-corrected chi connectivity index (χ1v) is 5.14. The van der Waals surface area contributed by atoms with Crippen molar-refractivity contribution in [3.8, 4) is 5.75 Å². The van der Waals surface area contributed by atoms with Gasteiger partial charge in [-0.05, 0) is 27.0 Å². The van der Waals surface area contributed by atoms with Crippen LogP contribution < -0.4 is 15.6 Å². The number of pyridine rings is 1. The van der Waals surface area contributed by atoms with Crippen LogP contribution in [0.25, 0.3) is 0 Å². The summed E-state index contributed by atoms with van der Waals surface area (Å²) in [6.45, 7) is 5.34. The highest BCUT2D eigenvalue weighted by Gasteiger charge is 2.02. The second kappa shape index (κ2) is 5.56. The van der Waals surface area contributed by atoms with Gasteiger partial charge in [-0.15, -0.1) is 0 Å². The number of ether oxygens (including phenoxy) is 1. The van der Waals surface area contributed by atoms with Gasteiger partial charge in [0, 0.05) is 24.8 Å². The normalized spacial score (nSPS) is 10.7. The van der Waals surface area contributed by atoms with Crippen molar-refractivity contribution in [2.45, 2.75) is 19.9 Å².